The number of nitrogens with zero attached hydrogens (tertiary/aromatic N) is 1. The summed E-state index contributed by atoms with van der Waals surface area (Å²) in [5, 5.41) is 10.2. The number of rotatable bonds is 2. The molecule has 1 aromatic carbocycles. The summed E-state index contributed by atoms with van der Waals surface area (Å²) < 4.78 is 4.91. The Morgan fingerprint density at radius 2 is 2.08 bits per heavy atom. The summed E-state index contributed by atoms with van der Waals surface area (Å²) in [5.41, 5.74) is 0.433. The molecule has 0 aliphatic heterocycles. The molecular formula is C9H8N2O2. The third kappa shape index (κ3) is 2.20. The second kappa shape index (κ2) is 4.12. The van der Waals surface area contributed by atoms with Crippen LogP contribution in [0.3, 0.4) is 0 Å². The Hall–Kier alpha value is -2.02. The lowest BCUT2D eigenvalue weighted by Crippen LogP contribution is -2.16. The Balaban J connectivity index is 2.81. The number of ether oxygens (including phenoxy) is 1. The van der Waals surface area contributed by atoms with Crippen LogP contribution in [0.15, 0.2) is 24.3 Å². The number of hydrogen-bond acceptors (Lipinski definition) is 3. The van der Waals surface area contributed by atoms with Crippen LogP contribution in [0.2, 0.25) is 0 Å². The van der Waals surface area contributed by atoms with Gasteiger partial charge in [-0.2, -0.15) is 5.26 Å². The van der Waals surface area contributed by atoms with E-state index in [9.17, 15) is 4.79 Å². The van der Waals surface area contributed by atoms with Crippen LogP contribution < -0.4 is 10.1 Å². The van der Waals surface area contributed by atoms with E-state index in [2.05, 4.69) is 0 Å². The van der Waals surface area contributed by atoms with E-state index in [1.165, 1.54) is 0 Å². The number of amides is 1. The molecule has 1 amide bonds. The molecule has 0 saturated heterocycles. The largest absolute Gasteiger partial charge is 0.497 e. The van der Waals surface area contributed by atoms with Gasteiger partial charge in [-0.15, -0.1) is 0 Å². The van der Waals surface area contributed by atoms with Gasteiger partial charge in [0.2, 0.25) is 0 Å². The van der Waals surface area contributed by atoms with Gasteiger partial charge in [0.05, 0.1) is 7.11 Å². The zero-order chi connectivity index (χ0) is 9.68. The first-order valence-electron chi connectivity index (χ1n) is 3.61. The smallest absolute Gasteiger partial charge is 0.264 e. The fraction of sp³-hybridized carbons (Fsp3) is 0.111. The lowest BCUT2D eigenvalue weighted by Gasteiger charge is -2.00. The van der Waals surface area contributed by atoms with E-state index in [0.717, 1.165) is 0 Å². The van der Waals surface area contributed by atoms with Crippen LogP contribution in [0, 0.1) is 11.5 Å². The molecule has 0 atom stereocenters. The molecule has 0 spiro atoms. The molecule has 4 heteroatoms. The van der Waals surface area contributed by atoms with Gasteiger partial charge in [-0.25, -0.2) is 0 Å². The number of nitrogens with one attached hydrogen (secondary N) is 1. The molecule has 0 unspecified atom stereocenters. The van der Waals surface area contributed by atoms with Crippen molar-refractivity contribution in [2.24, 2.45) is 0 Å². The van der Waals surface area contributed by atoms with Gasteiger partial charge < -0.3 is 4.74 Å². The molecule has 4 nitrogen and oxygen atoms in total. The summed E-state index contributed by atoms with van der Waals surface area (Å²) in [6, 6.07) is 6.50. The molecule has 0 radical (unpaired) electrons. The predicted molar refractivity (Wildman–Crippen MR) is 46.1 cm³/mol. The molecule has 13 heavy (non-hydrogen) atoms. The minimum atomic E-state index is -0.412. The maximum atomic E-state index is 11.1. The third-order valence-corrected chi connectivity index (χ3v) is 1.52. The van der Waals surface area contributed by atoms with Crippen molar-refractivity contribution in [3.05, 3.63) is 29.8 Å². The first kappa shape index (κ1) is 9.07. The van der Waals surface area contributed by atoms with Gasteiger partial charge in [0.25, 0.3) is 5.91 Å². The molecule has 1 rings (SSSR count). The van der Waals surface area contributed by atoms with E-state index in [4.69, 9.17) is 10.00 Å². The maximum absolute atomic E-state index is 11.1. The van der Waals surface area contributed by atoms with Crippen molar-refractivity contribution in [3.63, 3.8) is 0 Å². The highest BCUT2D eigenvalue weighted by Crippen LogP contribution is 2.10. The topological polar surface area (TPSA) is 62.1 Å². The van der Waals surface area contributed by atoms with Gasteiger partial charge in [0, 0.05) is 5.56 Å². The number of hydrogen-bond donors (Lipinski definition) is 1. The van der Waals surface area contributed by atoms with Crippen molar-refractivity contribution in [1.29, 1.82) is 5.26 Å². The Morgan fingerprint density at radius 3 is 2.54 bits per heavy atom. The first-order chi connectivity index (χ1) is 6.27. The Morgan fingerprint density at radius 1 is 1.46 bits per heavy atom. The maximum Gasteiger partial charge on any atom is 0.264 e. The van der Waals surface area contributed by atoms with Gasteiger partial charge in [0.15, 0.2) is 6.19 Å². The van der Waals surface area contributed by atoms with Crippen LogP contribution in [0.1, 0.15) is 10.4 Å². The Kier molecular flexibility index (Phi) is 2.87. The second-order valence-electron chi connectivity index (χ2n) is 2.29. The molecular weight excluding hydrogens is 168 g/mol. The van der Waals surface area contributed by atoms with Crippen molar-refractivity contribution < 1.29 is 9.53 Å². The van der Waals surface area contributed by atoms with Crippen LogP contribution in [0.25, 0.3) is 0 Å². The van der Waals surface area contributed by atoms with E-state index in [1.807, 2.05) is 5.32 Å². The first-order valence-corrected chi connectivity index (χ1v) is 3.61. The molecule has 0 fully saturated rings. The number of nitriles is 1. The van der Waals surface area contributed by atoms with Crippen LogP contribution in [-0.2, 0) is 0 Å². The summed E-state index contributed by atoms with van der Waals surface area (Å²) in [7, 11) is 1.55. The normalized spacial score (nSPS) is 8.62. The Bertz CT molecular complexity index is 338. The molecule has 66 valence electrons. The zero-order valence-electron chi connectivity index (χ0n) is 7.07. The van der Waals surface area contributed by atoms with E-state index < -0.39 is 5.91 Å². The number of carbonyl (C=O) groups excluding carboxylic acids is 1. The molecule has 1 N–H and O–H groups in total. The monoisotopic (exact) mass is 176 g/mol. The molecule has 0 saturated carbocycles. The molecule has 0 aliphatic rings. The highest BCUT2D eigenvalue weighted by atomic mass is 16.5. The highest BCUT2D eigenvalue weighted by Gasteiger charge is 2.03. The van der Waals surface area contributed by atoms with Crippen molar-refractivity contribution in [2.45, 2.75) is 0 Å². The molecule has 0 bridgehead atoms. The summed E-state index contributed by atoms with van der Waals surface area (Å²) in [6.07, 6.45) is 1.56. The van der Waals surface area contributed by atoms with E-state index in [0.29, 0.717) is 11.3 Å². The van der Waals surface area contributed by atoms with Crippen LogP contribution >= 0.6 is 0 Å². The quantitative estimate of drug-likeness (QED) is 0.538. The van der Waals surface area contributed by atoms with Crippen LogP contribution in [0.5, 0.6) is 5.75 Å². The lowest BCUT2D eigenvalue weighted by molar-refractivity contribution is 0.0973. The van der Waals surface area contributed by atoms with Gasteiger partial charge in [0.1, 0.15) is 5.75 Å². The van der Waals surface area contributed by atoms with E-state index in [1.54, 1.807) is 37.6 Å². The van der Waals surface area contributed by atoms with Gasteiger partial charge in [-0.05, 0) is 24.3 Å². The standard InChI is InChI=1S/C9H8N2O2/c1-13-8-4-2-7(3-5-8)9(12)11-6-10/h2-5H,1H3,(H,11,12). The zero-order valence-corrected chi connectivity index (χ0v) is 7.07. The number of benzene rings is 1. The van der Waals surface area contributed by atoms with Crippen molar-refractivity contribution in [3.8, 4) is 11.9 Å². The van der Waals surface area contributed by atoms with Crippen molar-refractivity contribution in [2.75, 3.05) is 7.11 Å². The molecule has 1 aromatic rings. The highest BCUT2D eigenvalue weighted by molar-refractivity contribution is 5.95. The fourth-order valence-corrected chi connectivity index (χ4v) is 0.865. The summed E-state index contributed by atoms with van der Waals surface area (Å²) >= 11 is 0. The summed E-state index contributed by atoms with van der Waals surface area (Å²) in [5.74, 6) is 0.263. The molecule has 0 aromatic heterocycles. The van der Waals surface area contributed by atoms with E-state index >= 15 is 0 Å². The molecule has 0 aliphatic carbocycles. The average molecular weight is 176 g/mol. The minimum absolute atomic E-state index is 0.412. The van der Waals surface area contributed by atoms with Crippen LogP contribution in [-0.4, -0.2) is 13.0 Å². The predicted octanol–water partition coefficient (Wildman–Crippen LogP) is 0.906. The van der Waals surface area contributed by atoms with Crippen LogP contribution in [0.4, 0.5) is 0 Å². The number of methoxy groups -OCH3 is 1. The van der Waals surface area contributed by atoms with Crippen molar-refractivity contribution in [1.82, 2.24) is 5.32 Å². The fourth-order valence-electron chi connectivity index (χ4n) is 0.865. The average Bonchev–Trinajstić information content (AvgIpc) is 2.18. The van der Waals surface area contributed by atoms with E-state index in [-0.39, 0.29) is 0 Å². The summed E-state index contributed by atoms with van der Waals surface area (Å²) in [4.78, 5) is 11.1. The number of carbonyl (C=O) groups is 1. The summed E-state index contributed by atoms with van der Waals surface area (Å²) in [6.45, 7) is 0. The SMILES string of the molecule is COc1ccc(C(=O)NC#N)cc1. The molecule has 0 heterocycles. The van der Waals surface area contributed by atoms with Gasteiger partial charge >= 0.3 is 0 Å². The lowest BCUT2D eigenvalue weighted by atomic mass is 10.2. The Labute approximate surface area is 75.7 Å². The van der Waals surface area contributed by atoms with Crippen molar-refractivity contribution >= 4 is 5.91 Å². The second-order valence-corrected chi connectivity index (χ2v) is 2.29. The van der Waals surface area contributed by atoms with Gasteiger partial charge in [-0.1, -0.05) is 0 Å². The third-order valence-electron chi connectivity index (χ3n) is 1.52. The minimum Gasteiger partial charge on any atom is -0.497 e. The van der Waals surface area contributed by atoms with Gasteiger partial charge in [-0.3, -0.25) is 10.1 Å².